The van der Waals surface area contributed by atoms with Crippen LogP contribution < -0.4 is 15.9 Å². The van der Waals surface area contributed by atoms with Gasteiger partial charge in [0.1, 0.15) is 23.2 Å². The Morgan fingerprint density at radius 3 is 1.14 bits per heavy atom. The first-order valence-electron chi connectivity index (χ1n) is 12.3. The van der Waals surface area contributed by atoms with Crippen LogP contribution in [0.2, 0.25) is 0 Å². The van der Waals surface area contributed by atoms with E-state index in [9.17, 15) is 9.59 Å². The summed E-state index contributed by atoms with van der Waals surface area (Å²) in [6.45, 7) is 0. The maximum atomic E-state index is 14.1. The quantitative estimate of drug-likeness (QED) is 0.214. The van der Waals surface area contributed by atoms with Crippen molar-refractivity contribution in [1.29, 1.82) is 0 Å². The normalized spacial score (nSPS) is 13.9. The maximum absolute atomic E-state index is 14.1. The first-order chi connectivity index (χ1) is 18.2. The van der Waals surface area contributed by atoms with E-state index in [-0.39, 0.29) is 11.8 Å². The predicted molar refractivity (Wildman–Crippen MR) is 151 cm³/mol. The minimum Gasteiger partial charge on any atom is -0.268 e. The molecule has 178 valence electrons. The number of hydrogen-bond acceptors (Lipinski definition) is 2. The van der Waals surface area contributed by atoms with Gasteiger partial charge in [-0.05, 0) is 48.5 Å². The van der Waals surface area contributed by atoms with E-state index >= 15 is 0 Å². The zero-order valence-corrected chi connectivity index (χ0v) is 21.0. The van der Waals surface area contributed by atoms with E-state index in [1.54, 1.807) is 12.1 Å². The summed E-state index contributed by atoms with van der Waals surface area (Å²) in [5.74, 6) is -1.03. The number of rotatable bonds is 6. The van der Waals surface area contributed by atoms with Gasteiger partial charge in [-0.25, -0.2) is 4.90 Å². The Morgan fingerprint density at radius 1 is 0.432 bits per heavy atom. The minimum absolute atomic E-state index is 0.248. The SMILES string of the molecule is O=C1c2ccccc2C(=O)N1C(c1ccccc1)[P+](c1ccccc1)(c1ccccc1)c1ccccc1. The molecule has 6 rings (SSSR count). The first-order valence-corrected chi connectivity index (χ1v) is 14.2. The van der Waals surface area contributed by atoms with E-state index in [4.69, 9.17) is 0 Å². The summed E-state index contributed by atoms with van der Waals surface area (Å²) in [4.78, 5) is 29.7. The fraction of sp³-hybridized carbons (Fsp3) is 0.0303. The zero-order chi connectivity index (χ0) is 25.2. The van der Waals surface area contributed by atoms with E-state index in [1.807, 2.05) is 97.1 Å². The van der Waals surface area contributed by atoms with Crippen molar-refractivity contribution >= 4 is 35.0 Å². The Balaban J connectivity index is 1.74. The maximum Gasteiger partial charge on any atom is 0.265 e. The van der Waals surface area contributed by atoms with Crippen LogP contribution in [-0.4, -0.2) is 16.7 Å². The first kappa shape index (κ1) is 23.1. The standard InChI is InChI=1S/C33H25NO2P/c35-31-29-23-13-14-24-30(29)32(36)34(31)33(25-15-5-1-6-16-25)37(26-17-7-2-8-18-26,27-19-9-3-10-20-27)28-21-11-4-12-22-28/h1-24,33H/q+1. The molecule has 0 N–H and O–H groups in total. The van der Waals surface area contributed by atoms with Crippen molar-refractivity contribution in [1.82, 2.24) is 4.90 Å². The molecular weight excluding hydrogens is 473 g/mol. The van der Waals surface area contributed by atoms with Gasteiger partial charge >= 0.3 is 0 Å². The number of imide groups is 1. The fourth-order valence-corrected chi connectivity index (χ4v) is 10.3. The number of carbonyl (C=O) groups excluding carboxylic acids is 2. The Labute approximate surface area is 217 Å². The van der Waals surface area contributed by atoms with Crippen molar-refractivity contribution in [2.24, 2.45) is 0 Å². The lowest BCUT2D eigenvalue weighted by atomic mass is 10.1. The summed E-state index contributed by atoms with van der Waals surface area (Å²) in [5.41, 5.74) is 1.85. The van der Waals surface area contributed by atoms with Gasteiger partial charge in [-0.15, -0.1) is 0 Å². The van der Waals surface area contributed by atoms with Crippen LogP contribution in [-0.2, 0) is 0 Å². The molecule has 0 spiro atoms. The number of carbonyl (C=O) groups is 2. The topological polar surface area (TPSA) is 37.4 Å². The van der Waals surface area contributed by atoms with Gasteiger partial charge in [0, 0.05) is 5.56 Å². The molecule has 0 saturated carbocycles. The summed E-state index contributed by atoms with van der Waals surface area (Å²) < 4.78 is 0. The highest BCUT2D eigenvalue weighted by atomic mass is 31.2. The molecule has 0 bridgehead atoms. The van der Waals surface area contributed by atoms with Crippen LogP contribution >= 0.6 is 7.26 Å². The third-order valence-corrected chi connectivity index (χ3v) is 11.6. The average Bonchev–Trinajstić information content (AvgIpc) is 3.23. The van der Waals surface area contributed by atoms with Crippen molar-refractivity contribution in [2.45, 2.75) is 5.78 Å². The highest BCUT2D eigenvalue weighted by Crippen LogP contribution is 2.68. The van der Waals surface area contributed by atoms with Crippen LogP contribution in [0.25, 0.3) is 0 Å². The second-order valence-corrected chi connectivity index (χ2v) is 12.5. The van der Waals surface area contributed by atoms with Crippen molar-refractivity contribution in [2.75, 3.05) is 0 Å². The molecule has 37 heavy (non-hydrogen) atoms. The third kappa shape index (κ3) is 3.71. The van der Waals surface area contributed by atoms with E-state index in [0.29, 0.717) is 11.1 Å². The number of amides is 2. The van der Waals surface area contributed by atoms with Crippen LogP contribution in [0.1, 0.15) is 32.1 Å². The summed E-state index contributed by atoms with van der Waals surface area (Å²) in [6.07, 6.45) is 0. The van der Waals surface area contributed by atoms with Gasteiger partial charge in [0.25, 0.3) is 11.8 Å². The molecule has 0 aromatic heterocycles. The summed E-state index contributed by atoms with van der Waals surface area (Å²) in [6, 6.07) is 48.3. The van der Waals surface area contributed by atoms with E-state index in [0.717, 1.165) is 21.5 Å². The monoisotopic (exact) mass is 498 g/mol. The number of nitrogens with zero attached hydrogens (tertiary/aromatic N) is 1. The molecule has 1 heterocycles. The molecule has 4 heteroatoms. The molecule has 1 unspecified atom stereocenters. The molecule has 0 fully saturated rings. The van der Waals surface area contributed by atoms with Crippen LogP contribution in [0.3, 0.4) is 0 Å². The van der Waals surface area contributed by atoms with Crippen molar-refractivity contribution in [3.63, 3.8) is 0 Å². The van der Waals surface area contributed by atoms with Crippen LogP contribution in [0, 0.1) is 0 Å². The Kier molecular flexibility index (Phi) is 6.00. The molecule has 5 aromatic rings. The molecular formula is C33H25NO2P+. The lowest BCUT2D eigenvalue weighted by Gasteiger charge is -2.38. The van der Waals surface area contributed by atoms with E-state index in [2.05, 4.69) is 36.4 Å². The van der Waals surface area contributed by atoms with E-state index in [1.165, 1.54) is 4.90 Å². The van der Waals surface area contributed by atoms with Gasteiger partial charge in [0.15, 0.2) is 5.78 Å². The third-order valence-electron chi connectivity index (χ3n) is 7.03. The smallest absolute Gasteiger partial charge is 0.265 e. The summed E-state index contributed by atoms with van der Waals surface area (Å²) in [5, 5.41) is 3.33. The molecule has 0 aliphatic carbocycles. The Bertz CT molecular complexity index is 1420. The van der Waals surface area contributed by atoms with E-state index < -0.39 is 13.0 Å². The molecule has 3 nitrogen and oxygen atoms in total. The van der Waals surface area contributed by atoms with Gasteiger partial charge in [-0.2, -0.15) is 0 Å². The molecule has 0 saturated heterocycles. The molecule has 2 amide bonds. The molecule has 5 aromatic carbocycles. The number of benzene rings is 5. The summed E-state index contributed by atoms with van der Waals surface area (Å²) >= 11 is 0. The van der Waals surface area contributed by atoms with Gasteiger partial charge in [-0.1, -0.05) is 97.1 Å². The van der Waals surface area contributed by atoms with Crippen LogP contribution in [0.15, 0.2) is 146 Å². The molecule has 1 aliphatic rings. The Morgan fingerprint density at radius 2 is 0.757 bits per heavy atom. The fourth-order valence-electron chi connectivity index (χ4n) is 5.46. The van der Waals surface area contributed by atoms with Gasteiger partial charge in [0.2, 0.25) is 0 Å². The minimum atomic E-state index is -2.65. The second kappa shape index (κ2) is 9.61. The van der Waals surface area contributed by atoms with Crippen LogP contribution in [0.5, 0.6) is 0 Å². The predicted octanol–water partition coefficient (Wildman–Crippen LogP) is 5.98. The molecule has 1 aliphatic heterocycles. The number of hydrogen-bond donors (Lipinski definition) is 0. The lowest BCUT2D eigenvalue weighted by Crippen LogP contribution is -2.44. The Hall–Kier alpha value is -4.33. The van der Waals surface area contributed by atoms with Crippen LogP contribution in [0.4, 0.5) is 0 Å². The largest absolute Gasteiger partial charge is 0.268 e. The van der Waals surface area contributed by atoms with Crippen molar-refractivity contribution < 1.29 is 9.59 Å². The summed E-state index contributed by atoms with van der Waals surface area (Å²) in [7, 11) is -2.65. The highest BCUT2D eigenvalue weighted by molar-refractivity contribution is 7.96. The molecule has 0 radical (unpaired) electrons. The van der Waals surface area contributed by atoms with Gasteiger partial charge in [-0.3, -0.25) is 9.59 Å². The average molecular weight is 499 g/mol. The molecule has 1 atom stereocenters. The number of fused-ring (bicyclic) bond motifs is 1. The van der Waals surface area contributed by atoms with Gasteiger partial charge in [0.05, 0.1) is 11.1 Å². The van der Waals surface area contributed by atoms with Crippen molar-refractivity contribution in [3.05, 3.63) is 162 Å². The second-order valence-electron chi connectivity index (χ2n) is 9.04. The zero-order valence-electron chi connectivity index (χ0n) is 20.1. The van der Waals surface area contributed by atoms with Gasteiger partial charge < -0.3 is 0 Å². The highest BCUT2D eigenvalue weighted by Gasteiger charge is 2.59. The van der Waals surface area contributed by atoms with Crippen molar-refractivity contribution in [3.8, 4) is 0 Å². The lowest BCUT2D eigenvalue weighted by molar-refractivity contribution is 0.0633.